The molecule has 0 amide bonds. The number of hydrogen-bond acceptors (Lipinski definition) is 2. The van der Waals surface area contributed by atoms with Crippen molar-refractivity contribution in [2.24, 2.45) is 4.99 Å². The first-order chi connectivity index (χ1) is 5.90. The summed E-state index contributed by atoms with van der Waals surface area (Å²) in [6, 6.07) is 0.477. The fourth-order valence-electron chi connectivity index (χ4n) is 1.59. The summed E-state index contributed by atoms with van der Waals surface area (Å²) in [6.45, 7) is 3.12. The summed E-state index contributed by atoms with van der Waals surface area (Å²) in [5.74, 6) is 0. The van der Waals surface area contributed by atoms with Crippen LogP contribution in [0.4, 0.5) is 0 Å². The Bertz CT molecular complexity index is 261. The maximum Gasteiger partial charge on any atom is 0.0576 e. The molecule has 0 saturated heterocycles. The third-order valence-corrected chi connectivity index (χ3v) is 2.38. The van der Waals surface area contributed by atoms with E-state index >= 15 is 0 Å². The van der Waals surface area contributed by atoms with E-state index in [9.17, 15) is 0 Å². The van der Waals surface area contributed by atoms with E-state index in [-0.39, 0.29) is 0 Å². The Morgan fingerprint density at radius 3 is 3.42 bits per heavy atom. The first-order valence-electron chi connectivity index (χ1n) is 4.56. The Morgan fingerprint density at radius 1 is 1.67 bits per heavy atom. The summed E-state index contributed by atoms with van der Waals surface area (Å²) in [5.41, 5.74) is 2.48. The number of fused-ring (bicyclic) bond motifs is 1. The van der Waals surface area contributed by atoms with Gasteiger partial charge in [0.05, 0.1) is 11.7 Å². The third kappa shape index (κ3) is 1.34. The van der Waals surface area contributed by atoms with Crippen molar-refractivity contribution in [1.29, 1.82) is 0 Å². The van der Waals surface area contributed by atoms with E-state index in [0.29, 0.717) is 6.04 Å². The third-order valence-electron chi connectivity index (χ3n) is 2.38. The maximum atomic E-state index is 4.59. The van der Waals surface area contributed by atoms with Crippen LogP contribution in [0.1, 0.15) is 19.8 Å². The molecule has 2 heteroatoms. The molecule has 0 bridgehead atoms. The quantitative estimate of drug-likeness (QED) is 0.623. The van der Waals surface area contributed by atoms with E-state index in [2.05, 4.69) is 35.5 Å². The minimum Gasteiger partial charge on any atom is -0.303 e. The molecule has 2 aliphatic rings. The molecule has 1 atom stereocenters. The molecule has 0 aromatic rings. The van der Waals surface area contributed by atoms with Crippen molar-refractivity contribution >= 4 is 5.71 Å². The highest BCUT2D eigenvalue weighted by molar-refractivity contribution is 5.88. The Hall–Kier alpha value is -0.890. The summed E-state index contributed by atoms with van der Waals surface area (Å²) in [5, 5.41) is 3.47. The van der Waals surface area contributed by atoms with Crippen LogP contribution in [0.3, 0.4) is 0 Å². The van der Waals surface area contributed by atoms with Crippen LogP contribution in [0, 0.1) is 0 Å². The van der Waals surface area contributed by atoms with Gasteiger partial charge in [0.2, 0.25) is 0 Å². The summed E-state index contributed by atoms with van der Waals surface area (Å²) >= 11 is 0. The second-order valence-corrected chi connectivity index (χ2v) is 3.22. The fraction of sp³-hybridized carbons (Fsp3) is 0.500. The average Bonchev–Trinajstić information content (AvgIpc) is 2.17. The highest BCUT2D eigenvalue weighted by Gasteiger charge is 2.18. The summed E-state index contributed by atoms with van der Waals surface area (Å²) in [7, 11) is 0. The van der Waals surface area contributed by atoms with Gasteiger partial charge in [-0.15, -0.1) is 0 Å². The van der Waals surface area contributed by atoms with Crippen molar-refractivity contribution in [2.45, 2.75) is 25.8 Å². The summed E-state index contributed by atoms with van der Waals surface area (Å²) in [4.78, 5) is 4.59. The molecule has 2 nitrogen and oxygen atoms in total. The molecule has 12 heavy (non-hydrogen) atoms. The second kappa shape index (κ2) is 3.23. The van der Waals surface area contributed by atoms with Gasteiger partial charge in [-0.05, 0) is 18.9 Å². The van der Waals surface area contributed by atoms with Crippen LogP contribution in [0.2, 0.25) is 0 Å². The molecule has 1 heterocycles. The predicted octanol–water partition coefficient (Wildman–Crippen LogP) is 1.65. The lowest BCUT2D eigenvalue weighted by Gasteiger charge is -2.25. The number of rotatable bonds is 1. The van der Waals surface area contributed by atoms with Gasteiger partial charge < -0.3 is 5.32 Å². The molecule has 0 saturated carbocycles. The monoisotopic (exact) mass is 162 g/mol. The topological polar surface area (TPSA) is 24.4 Å². The fourth-order valence-corrected chi connectivity index (χ4v) is 1.59. The zero-order chi connectivity index (χ0) is 8.39. The Morgan fingerprint density at radius 2 is 2.58 bits per heavy atom. The molecule has 2 rings (SSSR count). The van der Waals surface area contributed by atoms with Crippen molar-refractivity contribution in [3.63, 3.8) is 0 Å². The van der Waals surface area contributed by atoms with Gasteiger partial charge in [0.15, 0.2) is 0 Å². The van der Waals surface area contributed by atoms with Gasteiger partial charge in [-0.1, -0.05) is 19.1 Å². The number of hydrogen-bond donors (Lipinski definition) is 1. The van der Waals surface area contributed by atoms with Crippen LogP contribution in [0.5, 0.6) is 0 Å². The van der Waals surface area contributed by atoms with Crippen molar-refractivity contribution in [1.82, 2.24) is 5.32 Å². The average molecular weight is 162 g/mol. The minimum atomic E-state index is 0.477. The molecular weight excluding hydrogens is 148 g/mol. The number of nitrogens with zero attached hydrogens (tertiary/aromatic N) is 1. The molecule has 1 unspecified atom stereocenters. The molecule has 0 fully saturated rings. The molecule has 0 aromatic heterocycles. The SMILES string of the molecule is CCC1=NC2=CC=CCC2NC1. The first kappa shape index (κ1) is 7.74. The first-order valence-corrected chi connectivity index (χ1v) is 4.56. The molecule has 1 aliphatic carbocycles. The standard InChI is InChI=1S/C10H14N2/c1-2-8-7-11-9-5-3-4-6-10(9)12-8/h3-4,6,9,11H,2,5,7H2,1H3. The normalized spacial score (nSPS) is 27.6. The second-order valence-electron chi connectivity index (χ2n) is 3.22. The highest BCUT2D eigenvalue weighted by atomic mass is 15.0. The van der Waals surface area contributed by atoms with Crippen molar-refractivity contribution in [2.75, 3.05) is 6.54 Å². The predicted molar refractivity (Wildman–Crippen MR) is 51.4 cm³/mol. The van der Waals surface area contributed by atoms with Crippen LogP contribution < -0.4 is 5.32 Å². The molecule has 0 radical (unpaired) electrons. The van der Waals surface area contributed by atoms with Gasteiger partial charge >= 0.3 is 0 Å². The molecular formula is C10H14N2. The zero-order valence-corrected chi connectivity index (χ0v) is 7.38. The van der Waals surface area contributed by atoms with Gasteiger partial charge in [-0.2, -0.15) is 0 Å². The van der Waals surface area contributed by atoms with Gasteiger partial charge in [0, 0.05) is 12.3 Å². The van der Waals surface area contributed by atoms with E-state index in [1.807, 2.05) is 0 Å². The number of allylic oxidation sites excluding steroid dienone is 2. The molecule has 1 aliphatic heterocycles. The summed E-state index contributed by atoms with van der Waals surface area (Å²) < 4.78 is 0. The van der Waals surface area contributed by atoms with Crippen LogP contribution in [-0.2, 0) is 0 Å². The van der Waals surface area contributed by atoms with Gasteiger partial charge in [-0.3, -0.25) is 4.99 Å². The smallest absolute Gasteiger partial charge is 0.0576 e. The molecule has 0 spiro atoms. The molecule has 1 N–H and O–H groups in total. The Kier molecular flexibility index (Phi) is 2.09. The number of aliphatic imine (C=N–C) groups is 1. The van der Waals surface area contributed by atoms with Crippen molar-refractivity contribution < 1.29 is 0 Å². The van der Waals surface area contributed by atoms with E-state index < -0.39 is 0 Å². The summed E-state index contributed by atoms with van der Waals surface area (Å²) in [6.07, 6.45) is 8.53. The Labute approximate surface area is 73.1 Å². The molecule has 0 aromatic carbocycles. The van der Waals surface area contributed by atoms with Crippen LogP contribution >= 0.6 is 0 Å². The number of nitrogens with one attached hydrogen (secondary N) is 1. The maximum absolute atomic E-state index is 4.59. The van der Waals surface area contributed by atoms with E-state index in [0.717, 1.165) is 19.4 Å². The van der Waals surface area contributed by atoms with E-state index in [1.165, 1.54) is 11.4 Å². The lowest BCUT2D eigenvalue weighted by molar-refractivity contribution is 0.591. The minimum absolute atomic E-state index is 0.477. The van der Waals surface area contributed by atoms with Gasteiger partial charge in [0.25, 0.3) is 0 Å². The largest absolute Gasteiger partial charge is 0.303 e. The van der Waals surface area contributed by atoms with Crippen LogP contribution in [0.15, 0.2) is 28.9 Å². The Balaban J connectivity index is 2.23. The van der Waals surface area contributed by atoms with E-state index in [1.54, 1.807) is 0 Å². The van der Waals surface area contributed by atoms with Gasteiger partial charge in [0.1, 0.15) is 0 Å². The van der Waals surface area contributed by atoms with E-state index in [4.69, 9.17) is 0 Å². The van der Waals surface area contributed by atoms with Gasteiger partial charge in [-0.25, -0.2) is 0 Å². The lowest BCUT2D eigenvalue weighted by atomic mass is 10.0. The lowest BCUT2D eigenvalue weighted by Crippen LogP contribution is -2.39. The van der Waals surface area contributed by atoms with Crippen LogP contribution in [0.25, 0.3) is 0 Å². The van der Waals surface area contributed by atoms with Crippen LogP contribution in [-0.4, -0.2) is 18.3 Å². The zero-order valence-electron chi connectivity index (χ0n) is 7.38. The van der Waals surface area contributed by atoms with Crippen molar-refractivity contribution in [3.05, 3.63) is 23.9 Å². The highest BCUT2D eigenvalue weighted by Crippen LogP contribution is 2.17. The van der Waals surface area contributed by atoms with Crippen molar-refractivity contribution in [3.8, 4) is 0 Å². The molecule has 64 valence electrons.